The average Bonchev–Trinajstić information content (AvgIpc) is 2.26. The molecule has 2 saturated carbocycles. The average molecular weight is 198 g/mol. The van der Waals surface area contributed by atoms with Crippen molar-refractivity contribution in [2.24, 2.45) is 17.8 Å². The standard InChI is InChI=1S/C10H14O2S/c11-10-7-2-5-1-6(4-7)9(13)8(3-5)12-10/h5-9,13H,1-4H2. The number of rotatable bonds is 0. The molecule has 5 atom stereocenters. The number of ether oxygens (including phenoxy) is 1. The Hall–Kier alpha value is -0.180. The molecule has 4 rings (SSSR count). The second kappa shape index (κ2) is 2.66. The maximum absolute atomic E-state index is 11.6. The van der Waals surface area contributed by atoms with Crippen molar-refractivity contribution in [3.63, 3.8) is 0 Å². The van der Waals surface area contributed by atoms with Crippen molar-refractivity contribution in [2.75, 3.05) is 0 Å². The van der Waals surface area contributed by atoms with E-state index in [1.54, 1.807) is 0 Å². The van der Waals surface area contributed by atoms with Gasteiger partial charge in [-0.25, -0.2) is 0 Å². The molecule has 2 aliphatic carbocycles. The van der Waals surface area contributed by atoms with Crippen LogP contribution in [0.1, 0.15) is 25.7 Å². The summed E-state index contributed by atoms with van der Waals surface area (Å²) in [5.74, 6) is 1.63. The lowest BCUT2D eigenvalue weighted by Gasteiger charge is -2.39. The van der Waals surface area contributed by atoms with Gasteiger partial charge in [0.05, 0.1) is 5.92 Å². The fourth-order valence-electron chi connectivity index (χ4n) is 3.28. The molecule has 2 heterocycles. The maximum atomic E-state index is 11.6. The highest BCUT2D eigenvalue weighted by molar-refractivity contribution is 7.81. The summed E-state index contributed by atoms with van der Waals surface area (Å²) in [6.45, 7) is 0. The van der Waals surface area contributed by atoms with Gasteiger partial charge >= 0.3 is 5.97 Å². The Balaban J connectivity index is 1.98. The van der Waals surface area contributed by atoms with E-state index in [0.29, 0.717) is 11.2 Å². The van der Waals surface area contributed by atoms with Crippen LogP contribution in [0.4, 0.5) is 0 Å². The van der Waals surface area contributed by atoms with Crippen molar-refractivity contribution in [3.05, 3.63) is 0 Å². The summed E-state index contributed by atoms with van der Waals surface area (Å²) in [6, 6.07) is 0. The molecule has 0 N–H and O–H groups in total. The number of hydrogen-bond acceptors (Lipinski definition) is 3. The predicted octanol–water partition coefficient (Wildman–Crippen LogP) is 1.65. The molecule has 0 aromatic heterocycles. The number of fused-ring (bicyclic) bond motifs is 1. The summed E-state index contributed by atoms with van der Waals surface area (Å²) in [7, 11) is 0. The third-order valence-electron chi connectivity index (χ3n) is 3.87. The molecule has 4 fully saturated rings. The zero-order valence-electron chi connectivity index (χ0n) is 7.48. The Morgan fingerprint density at radius 3 is 2.92 bits per heavy atom. The molecule has 4 aliphatic rings. The van der Waals surface area contributed by atoms with E-state index in [4.69, 9.17) is 4.74 Å². The van der Waals surface area contributed by atoms with Crippen LogP contribution in [0.5, 0.6) is 0 Å². The molecule has 3 heteroatoms. The summed E-state index contributed by atoms with van der Waals surface area (Å²) >= 11 is 4.58. The van der Waals surface area contributed by atoms with Crippen molar-refractivity contribution in [3.8, 4) is 0 Å². The molecule has 2 saturated heterocycles. The largest absolute Gasteiger partial charge is 0.461 e. The van der Waals surface area contributed by atoms with Gasteiger partial charge in [0.1, 0.15) is 6.10 Å². The van der Waals surface area contributed by atoms with Crippen LogP contribution in [0.3, 0.4) is 0 Å². The first-order valence-electron chi connectivity index (χ1n) is 5.12. The third-order valence-corrected chi connectivity index (χ3v) is 4.63. The first-order chi connectivity index (χ1) is 6.24. The molecule has 72 valence electrons. The molecule has 0 aromatic rings. The fraction of sp³-hybridized carbons (Fsp3) is 0.900. The van der Waals surface area contributed by atoms with Crippen LogP contribution in [0.2, 0.25) is 0 Å². The van der Waals surface area contributed by atoms with E-state index in [0.717, 1.165) is 25.2 Å². The van der Waals surface area contributed by atoms with Crippen molar-refractivity contribution in [1.82, 2.24) is 0 Å². The third kappa shape index (κ3) is 1.13. The minimum absolute atomic E-state index is 0.0498. The molecule has 13 heavy (non-hydrogen) atoms. The van der Waals surface area contributed by atoms with Gasteiger partial charge in [-0.05, 0) is 37.5 Å². The van der Waals surface area contributed by atoms with Gasteiger partial charge in [0.25, 0.3) is 0 Å². The van der Waals surface area contributed by atoms with Crippen molar-refractivity contribution in [1.29, 1.82) is 0 Å². The molecular formula is C10H14O2S. The van der Waals surface area contributed by atoms with E-state index in [1.807, 2.05) is 0 Å². The van der Waals surface area contributed by atoms with Gasteiger partial charge in [0.15, 0.2) is 0 Å². The van der Waals surface area contributed by atoms with Gasteiger partial charge in [-0.15, -0.1) is 0 Å². The lowest BCUT2D eigenvalue weighted by Crippen LogP contribution is -2.39. The van der Waals surface area contributed by atoms with E-state index >= 15 is 0 Å². The number of esters is 1. The van der Waals surface area contributed by atoms with Gasteiger partial charge < -0.3 is 4.74 Å². The second-order valence-corrected chi connectivity index (χ2v) is 5.33. The number of carbonyl (C=O) groups is 1. The normalized spacial score (nSPS) is 53.3. The summed E-state index contributed by atoms with van der Waals surface area (Å²) in [4.78, 5) is 11.6. The molecule has 0 spiro atoms. The quantitative estimate of drug-likeness (QED) is 0.473. The SMILES string of the molecule is O=C1OC2CC3CC1CC(C3)C2S. The lowest BCUT2D eigenvalue weighted by molar-refractivity contribution is -0.150. The van der Waals surface area contributed by atoms with Gasteiger partial charge in [-0.2, -0.15) is 12.6 Å². The minimum atomic E-state index is 0.0498. The van der Waals surface area contributed by atoms with Crippen LogP contribution >= 0.6 is 12.6 Å². The topological polar surface area (TPSA) is 26.3 Å². The molecule has 2 nitrogen and oxygen atoms in total. The fourth-order valence-corrected chi connectivity index (χ4v) is 3.71. The molecule has 4 bridgehead atoms. The Morgan fingerprint density at radius 2 is 2.08 bits per heavy atom. The smallest absolute Gasteiger partial charge is 0.309 e. The first kappa shape index (κ1) is 8.16. The Bertz CT molecular complexity index is 253. The summed E-state index contributed by atoms with van der Waals surface area (Å²) < 4.78 is 5.43. The number of carbonyl (C=O) groups excluding carboxylic acids is 1. The zero-order valence-corrected chi connectivity index (χ0v) is 8.37. The number of thiol groups is 1. The van der Waals surface area contributed by atoms with Crippen LogP contribution in [0.15, 0.2) is 0 Å². The molecule has 0 radical (unpaired) electrons. The van der Waals surface area contributed by atoms with Crippen LogP contribution < -0.4 is 0 Å². The second-order valence-electron chi connectivity index (χ2n) is 4.73. The van der Waals surface area contributed by atoms with Gasteiger partial charge in [-0.3, -0.25) is 4.79 Å². The molecule has 5 unspecified atom stereocenters. The Kier molecular flexibility index (Phi) is 1.67. The first-order valence-corrected chi connectivity index (χ1v) is 5.64. The summed E-state index contributed by atoms with van der Waals surface area (Å²) in [5, 5.41) is 0.311. The van der Waals surface area contributed by atoms with Crippen LogP contribution in [0, 0.1) is 17.8 Å². The highest BCUT2D eigenvalue weighted by Crippen LogP contribution is 2.48. The zero-order chi connectivity index (χ0) is 9.00. The number of hydrogen-bond donors (Lipinski definition) is 1. The van der Waals surface area contributed by atoms with E-state index < -0.39 is 0 Å². The highest BCUT2D eigenvalue weighted by atomic mass is 32.1. The van der Waals surface area contributed by atoms with Crippen molar-refractivity contribution in [2.45, 2.75) is 37.0 Å². The monoisotopic (exact) mass is 198 g/mol. The molecule has 0 amide bonds. The van der Waals surface area contributed by atoms with Gasteiger partial charge in [0.2, 0.25) is 0 Å². The van der Waals surface area contributed by atoms with Crippen LogP contribution in [-0.2, 0) is 9.53 Å². The maximum Gasteiger partial charge on any atom is 0.309 e. The summed E-state index contributed by atoms with van der Waals surface area (Å²) in [6.07, 6.45) is 4.56. The van der Waals surface area contributed by atoms with Crippen molar-refractivity contribution < 1.29 is 9.53 Å². The van der Waals surface area contributed by atoms with E-state index in [-0.39, 0.29) is 18.0 Å². The van der Waals surface area contributed by atoms with Crippen LogP contribution in [-0.4, -0.2) is 17.3 Å². The lowest BCUT2D eigenvalue weighted by atomic mass is 9.68. The minimum Gasteiger partial charge on any atom is -0.461 e. The van der Waals surface area contributed by atoms with Crippen LogP contribution in [0.25, 0.3) is 0 Å². The molecular weight excluding hydrogens is 184 g/mol. The molecule has 0 aromatic carbocycles. The highest BCUT2D eigenvalue weighted by Gasteiger charge is 2.48. The Labute approximate surface area is 83.4 Å². The predicted molar refractivity (Wildman–Crippen MR) is 51.6 cm³/mol. The Morgan fingerprint density at radius 1 is 1.23 bits per heavy atom. The van der Waals surface area contributed by atoms with E-state index in [2.05, 4.69) is 12.6 Å². The van der Waals surface area contributed by atoms with E-state index in [9.17, 15) is 4.79 Å². The summed E-state index contributed by atoms with van der Waals surface area (Å²) in [5.41, 5.74) is 0. The van der Waals surface area contributed by atoms with Gasteiger partial charge in [0, 0.05) is 5.25 Å². The van der Waals surface area contributed by atoms with E-state index in [1.165, 1.54) is 6.42 Å². The van der Waals surface area contributed by atoms with Crippen molar-refractivity contribution >= 4 is 18.6 Å². The molecule has 2 aliphatic heterocycles. The van der Waals surface area contributed by atoms with Gasteiger partial charge in [-0.1, -0.05) is 0 Å².